The highest BCUT2D eigenvalue weighted by molar-refractivity contribution is 6.07. The van der Waals surface area contributed by atoms with Crippen LogP contribution in [-0.2, 0) is 62.3 Å². The number of guanidine groups is 2. The first-order valence-corrected chi connectivity index (χ1v) is 30.4. The van der Waals surface area contributed by atoms with Crippen LogP contribution in [0.4, 0.5) is 0 Å². The first-order chi connectivity index (χ1) is 43.6. The summed E-state index contributed by atoms with van der Waals surface area (Å²) in [5.41, 5.74) is 17.7. The Bertz CT molecular complexity index is 2790. The van der Waals surface area contributed by atoms with Gasteiger partial charge in [-0.15, -0.1) is 0 Å². The maximum absolute atomic E-state index is 15.3. The minimum Gasteiger partial charge on any atom is -0.481 e. The van der Waals surface area contributed by atoms with Crippen LogP contribution in [0.3, 0.4) is 0 Å². The number of likely N-dealkylation sites (N-methyl/N-ethyl adjacent to an activating group) is 1. The van der Waals surface area contributed by atoms with Crippen molar-refractivity contribution in [3.05, 3.63) is 24.3 Å². The molecule has 2 aliphatic carbocycles. The summed E-state index contributed by atoms with van der Waals surface area (Å²) in [6.45, 7) is -0.179. The number of fused-ring (bicyclic) bond motifs is 1. The summed E-state index contributed by atoms with van der Waals surface area (Å²) in [5.74, 6) is -20.7. The van der Waals surface area contributed by atoms with E-state index in [1.807, 2.05) is 16.0 Å². The van der Waals surface area contributed by atoms with E-state index in [2.05, 4.69) is 34.7 Å². The van der Waals surface area contributed by atoms with Crippen molar-refractivity contribution in [3.8, 4) is 0 Å². The van der Waals surface area contributed by atoms with Gasteiger partial charge in [0, 0.05) is 19.5 Å². The molecule has 0 spiro atoms. The zero-order valence-electron chi connectivity index (χ0n) is 52.4. The van der Waals surface area contributed by atoms with Gasteiger partial charge in [-0.1, -0.05) is 70.3 Å². The van der Waals surface area contributed by atoms with Gasteiger partial charge >= 0.3 is 23.9 Å². The minimum atomic E-state index is -2.82. The van der Waals surface area contributed by atoms with Crippen molar-refractivity contribution < 1.29 is 108 Å². The fourth-order valence-corrected chi connectivity index (χ4v) is 10.5. The highest BCUT2D eigenvalue weighted by atomic mass is 16.5. The standard InChI is InChI=1S/C57H92N14O22/c1-5-7-8-9-10-11-12-13-14-15-16-17-29-20-30(29)18-19-35(73)46(83)67-41(43(81)52(90)91)50(87)69(4)34(22-39(78)79)49(86)71(57-23-31(57)26-70(53(57)92)55(61)62)28-93-56(3,6-2)44(48(85)63-25-37(75)65-33(27-72)51(88)89)68-47(84)40(42(80)36(74)24-64-54(59)60)66-45(82)32(58)21-38(76)77/h11-12,18-19,29-36,40-44,72-74,80-81H,5-10,13-17,20-28,58H2,1-4H3,(H3,61,62)(H,63,85)(H,65,75)(H,66,82)(H,67,83)(H,68,84)(H,76,77)(H,78,79)(H,88,89)(H,90,91)(H4,59,60,64)/b12-11-,19-18+/t29-,30-,31-,32+,33+,34+,35?,36?,40?,41+,42?,43+,44?,56?,57+/m1/s1. The molecule has 0 radical (unpaired) electrons. The highest BCUT2D eigenvalue weighted by Gasteiger charge is 2.72. The van der Waals surface area contributed by atoms with E-state index in [0.29, 0.717) is 9.80 Å². The van der Waals surface area contributed by atoms with Gasteiger partial charge in [0.15, 0.2) is 24.1 Å². The molecule has 3 fully saturated rings. The normalized spacial score (nSPS) is 21.1. The Kier molecular flexibility index (Phi) is 31.1. The van der Waals surface area contributed by atoms with Gasteiger partial charge in [-0.05, 0) is 70.1 Å². The number of allylic oxidation sites excluding steroid dienone is 3. The molecule has 0 aromatic heterocycles. The Hall–Kier alpha value is -8.42. The number of aliphatic carboxylic acids is 4. The molecule has 1 saturated heterocycles. The Labute approximate surface area is 535 Å². The van der Waals surface area contributed by atoms with E-state index in [4.69, 9.17) is 33.1 Å². The second kappa shape index (κ2) is 36.7. The van der Waals surface area contributed by atoms with Crippen molar-refractivity contribution in [3.63, 3.8) is 0 Å². The number of carboxylic acids is 4. The number of nitrogens with two attached hydrogens (primary N) is 4. The fourth-order valence-electron chi connectivity index (χ4n) is 10.5. The first-order valence-electron chi connectivity index (χ1n) is 30.4. The van der Waals surface area contributed by atoms with Gasteiger partial charge in [0.25, 0.3) is 11.8 Å². The molecule has 23 N–H and O–H groups in total. The SMILES string of the molecule is CCCCCC/C=C\CCCCC[C@@H]1C[C@H]1/C=C/C(O)C(=O)N[C@H](C(=O)N(C)[C@@H](CC(=O)O)C(=O)N(COC(C)(CC)C(NC(=O)C(NC(=O)[C@@H](N)CC(=O)O)C(O)C(O)CN=C(N)N)C(=O)NCC(=O)N[C@@H](CO)C(=O)O)[C@@]12C[C@@H]1CN(C(=N)N)C2=O)[C@H](O)C(=O)O. The number of piperidine rings is 1. The molecule has 1 aliphatic heterocycles. The molecule has 36 nitrogen and oxygen atoms in total. The predicted molar refractivity (Wildman–Crippen MR) is 325 cm³/mol. The number of carbonyl (C=O) groups excluding carboxylic acids is 8. The molecule has 36 heteroatoms. The Morgan fingerprint density at radius 3 is 1.96 bits per heavy atom. The average Bonchev–Trinajstić information content (AvgIpc) is 1.53. The number of amides is 8. The number of rotatable bonds is 44. The van der Waals surface area contributed by atoms with Crippen LogP contribution < -0.4 is 49.5 Å². The van der Waals surface area contributed by atoms with E-state index in [1.165, 1.54) is 32.6 Å². The molecule has 6 unspecified atom stereocenters. The molecule has 1 heterocycles. The molecule has 3 aliphatic rings. The van der Waals surface area contributed by atoms with Gasteiger partial charge < -0.3 is 110 Å². The number of likely N-dealkylation sites (tertiary alicyclic amines) is 1. The number of nitrogens with one attached hydrogen (secondary N) is 6. The van der Waals surface area contributed by atoms with Crippen LogP contribution >= 0.6 is 0 Å². The third-order valence-corrected chi connectivity index (χ3v) is 16.5. The number of ether oxygens (including phenoxy) is 1. The summed E-state index contributed by atoms with van der Waals surface area (Å²) in [5, 5.41) is 111. The highest BCUT2D eigenvalue weighted by Crippen LogP contribution is 2.55. The van der Waals surface area contributed by atoms with E-state index >= 15 is 4.79 Å². The summed E-state index contributed by atoms with van der Waals surface area (Å²) >= 11 is 0. The summed E-state index contributed by atoms with van der Waals surface area (Å²) in [6, 6.07) is -13.4. The molecular weight excluding hydrogens is 1230 g/mol. The summed E-state index contributed by atoms with van der Waals surface area (Å²) in [6.07, 6.45) is 5.92. The van der Waals surface area contributed by atoms with Gasteiger partial charge in [-0.3, -0.25) is 63.2 Å². The second-order valence-corrected chi connectivity index (χ2v) is 23.4. The second-order valence-electron chi connectivity index (χ2n) is 23.4. The zero-order chi connectivity index (χ0) is 70.2. The molecule has 15 atom stereocenters. The Morgan fingerprint density at radius 2 is 1.42 bits per heavy atom. The Morgan fingerprint density at radius 1 is 0.806 bits per heavy atom. The number of aliphatic hydroxyl groups is 5. The largest absolute Gasteiger partial charge is 0.481 e. The molecule has 0 aromatic carbocycles. The van der Waals surface area contributed by atoms with E-state index in [9.17, 15) is 98.7 Å². The van der Waals surface area contributed by atoms with E-state index in [1.54, 1.807) is 6.08 Å². The van der Waals surface area contributed by atoms with Gasteiger partial charge in [0.05, 0.1) is 44.2 Å². The third kappa shape index (κ3) is 23.0. The van der Waals surface area contributed by atoms with Gasteiger partial charge in [0.1, 0.15) is 54.7 Å². The minimum absolute atomic E-state index is 0.00573. The maximum atomic E-state index is 15.3. The van der Waals surface area contributed by atoms with E-state index in [0.717, 1.165) is 69.9 Å². The van der Waals surface area contributed by atoms with Crippen molar-refractivity contribution in [1.29, 1.82) is 5.41 Å². The molecule has 93 heavy (non-hydrogen) atoms. The van der Waals surface area contributed by atoms with Gasteiger partial charge in [-0.2, -0.15) is 0 Å². The van der Waals surface area contributed by atoms with Crippen LogP contribution in [0.1, 0.15) is 117 Å². The quantitative estimate of drug-likeness (QED) is 0.00888. The lowest BCUT2D eigenvalue weighted by atomic mass is 9.91. The van der Waals surface area contributed by atoms with Crippen LogP contribution in [0.5, 0.6) is 0 Å². The topological polar surface area (TPSA) is 606 Å². The number of hydrogen-bond donors (Lipinski definition) is 19. The zero-order valence-corrected chi connectivity index (χ0v) is 52.4. The number of hydrogen-bond acceptors (Lipinski definition) is 21. The maximum Gasteiger partial charge on any atom is 0.335 e. The van der Waals surface area contributed by atoms with Gasteiger partial charge in [0.2, 0.25) is 35.4 Å². The molecule has 8 amide bonds. The lowest BCUT2D eigenvalue weighted by Crippen LogP contribution is -2.67. The van der Waals surface area contributed by atoms with Crippen LogP contribution in [0, 0.1) is 23.2 Å². The number of aliphatic imine (C=N–C) groups is 1. The Balaban J connectivity index is 2.07. The molecular formula is C57H92N14O22. The number of nitrogens with zero attached hydrogens (tertiary/aromatic N) is 4. The average molecular weight is 1330 g/mol. The van der Waals surface area contributed by atoms with Crippen LogP contribution in [0.2, 0.25) is 0 Å². The summed E-state index contributed by atoms with van der Waals surface area (Å²) < 4.78 is 6.30. The summed E-state index contributed by atoms with van der Waals surface area (Å²) in [4.78, 5) is 166. The lowest BCUT2D eigenvalue weighted by Gasteiger charge is -2.41. The van der Waals surface area contributed by atoms with Crippen molar-refractivity contribution >= 4 is 83.1 Å². The van der Waals surface area contributed by atoms with Gasteiger partial charge in [-0.25, -0.2) is 9.59 Å². The predicted octanol–water partition coefficient (Wildman–Crippen LogP) is -5.84. The lowest BCUT2D eigenvalue weighted by molar-refractivity contribution is -0.171. The molecule has 3 rings (SSSR count). The van der Waals surface area contributed by atoms with Crippen molar-refractivity contribution in [2.45, 2.75) is 189 Å². The molecule has 2 saturated carbocycles. The van der Waals surface area contributed by atoms with E-state index < -0.39 is 206 Å². The number of carboxylic acid groups (broad SMARTS) is 4. The van der Waals surface area contributed by atoms with Crippen LogP contribution in [0.25, 0.3) is 0 Å². The third-order valence-electron chi connectivity index (χ3n) is 16.5. The smallest absolute Gasteiger partial charge is 0.335 e. The molecule has 0 bridgehead atoms. The van der Waals surface area contributed by atoms with Crippen LogP contribution in [0.15, 0.2) is 29.3 Å². The number of unbranched alkanes of at least 4 members (excludes halogenated alkanes) is 7. The van der Waals surface area contributed by atoms with Crippen LogP contribution in [-0.4, -0.2) is 256 Å². The molecule has 522 valence electrons. The first kappa shape index (κ1) is 78.8. The van der Waals surface area contributed by atoms with Crippen molar-refractivity contribution in [2.75, 3.05) is 40.0 Å². The van der Waals surface area contributed by atoms with Crippen molar-refractivity contribution in [2.24, 2.45) is 45.7 Å². The van der Waals surface area contributed by atoms with E-state index in [-0.39, 0.29) is 24.8 Å². The van der Waals surface area contributed by atoms with Crippen molar-refractivity contribution in [1.82, 2.24) is 41.3 Å². The summed E-state index contributed by atoms with van der Waals surface area (Å²) in [7, 11) is 0.782. The number of carbonyl (C=O) groups is 12. The monoisotopic (exact) mass is 1320 g/mol. The number of aliphatic hydroxyl groups excluding tert-OH is 5. The molecule has 0 aromatic rings. The fraction of sp³-hybridized carbons (Fsp3) is 0.684.